The van der Waals surface area contributed by atoms with Crippen molar-refractivity contribution in [1.29, 1.82) is 0 Å². The van der Waals surface area contributed by atoms with Crippen LogP contribution in [0.4, 0.5) is 0 Å². The lowest BCUT2D eigenvalue weighted by atomic mass is 9.97. The Morgan fingerprint density at radius 3 is 2.86 bits per heavy atom. The number of hydrogen-bond donors (Lipinski definition) is 1. The van der Waals surface area contributed by atoms with Gasteiger partial charge < -0.3 is 5.32 Å². The fourth-order valence-corrected chi connectivity index (χ4v) is 2.08. The van der Waals surface area contributed by atoms with Gasteiger partial charge in [0.1, 0.15) is 6.29 Å². The van der Waals surface area contributed by atoms with Crippen molar-refractivity contribution < 1.29 is 4.79 Å². The van der Waals surface area contributed by atoms with Crippen molar-refractivity contribution in [2.45, 2.75) is 19.4 Å². The van der Waals surface area contributed by atoms with Crippen LogP contribution in [0.15, 0.2) is 24.3 Å². The van der Waals surface area contributed by atoms with E-state index in [4.69, 9.17) is 0 Å². The Hall–Kier alpha value is -1.15. The Balaban J connectivity index is 2.27. The van der Waals surface area contributed by atoms with Gasteiger partial charge in [0.05, 0.1) is 0 Å². The highest BCUT2D eigenvalue weighted by molar-refractivity contribution is 5.77. The molecule has 2 atom stereocenters. The molecule has 0 amide bonds. The number of hydrogen-bond acceptors (Lipinski definition) is 2. The molecule has 0 bridgehead atoms. The van der Waals surface area contributed by atoms with Crippen molar-refractivity contribution in [3.63, 3.8) is 0 Å². The van der Waals surface area contributed by atoms with Crippen LogP contribution in [0.25, 0.3) is 0 Å². The maximum Gasteiger partial charge on any atom is 0.150 e. The third kappa shape index (κ3) is 1.70. The summed E-state index contributed by atoms with van der Waals surface area (Å²) in [5.74, 6) is 0.708. The largest absolute Gasteiger partial charge is 0.310 e. The molecule has 0 aliphatic carbocycles. The minimum absolute atomic E-state index is 0.367. The van der Waals surface area contributed by atoms with E-state index in [9.17, 15) is 4.79 Å². The second kappa shape index (κ2) is 3.93. The monoisotopic (exact) mass is 189 g/mol. The zero-order valence-corrected chi connectivity index (χ0v) is 8.36. The van der Waals surface area contributed by atoms with E-state index in [1.165, 1.54) is 0 Å². The summed E-state index contributed by atoms with van der Waals surface area (Å²) >= 11 is 0. The zero-order valence-electron chi connectivity index (χ0n) is 8.36. The van der Waals surface area contributed by atoms with Gasteiger partial charge in [-0.15, -0.1) is 0 Å². The molecule has 1 aliphatic rings. The van der Waals surface area contributed by atoms with Crippen LogP contribution in [-0.4, -0.2) is 12.8 Å². The normalized spacial score (nSPS) is 26.4. The van der Waals surface area contributed by atoms with Gasteiger partial charge >= 0.3 is 0 Å². The van der Waals surface area contributed by atoms with Crippen molar-refractivity contribution in [3.05, 3.63) is 35.4 Å². The zero-order chi connectivity index (χ0) is 9.97. The van der Waals surface area contributed by atoms with Crippen LogP contribution in [0, 0.1) is 5.92 Å². The highest BCUT2D eigenvalue weighted by atomic mass is 16.1. The van der Waals surface area contributed by atoms with Gasteiger partial charge in [-0.2, -0.15) is 0 Å². The van der Waals surface area contributed by atoms with Gasteiger partial charge in [0, 0.05) is 11.6 Å². The van der Waals surface area contributed by atoms with Crippen molar-refractivity contribution in [1.82, 2.24) is 5.32 Å². The summed E-state index contributed by atoms with van der Waals surface area (Å²) in [4.78, 5) is 10.8. The van der Waals surface area contributed by atoms with Crippen LogP contribution in [0.3, 0.4) is 0 Å². The molecule has 1 heterocycles. The van der Waals surface area contributed by atoms with Crippen LogP contribution in [-0.2, 0) is 0 Å². The van der Waals surface area contributed by atoms with Gasteiger partial charge in [-0.3, -0.25) is 4.79 Å². The average molecular weight is 189 g/mol. The molecule has 1 saturated heterocycles. The van der Waals surface area contributed by atoms with Gasteiger partial charge in [-0.05, 0) is 24.4 Å². The summed E-state index contributed by atoms with van der Waals surface area (Å²) < 4.78 is 0. The maximum absolute atomic E-state index is 10.8. The smallest absolute Gasteiger partial charge is 0.150 e. The molecule has 2 nitrogen and oxygen atoms in total. The molecule has 0 saturated carbocycles. The lowest BCUT2D eigenvalue weighted by molar-refractivity contribution is 0.112. The molecule has 1 N–H and O–H groups in total. The van der Waals surface area contributed by atoms with Gasteiger partial charge in [-0.1, -0.05) is 31.2 Å². The molecule has 0 spiro atoms. The van der Waals surface area contributed by atoms with E-state index >= 15 is 0 Å². The summed E-state index contributed by atoms with van der Waals surface area (Å²) in [6, 6.07) is 8.19. The molecular weight excluding hydrogens is 174 g/mol. The third-order valence-corrected chi connectivity index (χ3v) is 2.85. The predicted molar refractivity (Wildman–Crippen MR) is 56.4 cm³/mol. The Kier molecular flexibility index (Phi) is 2.64. The SMILES string of the molecule is CC1CNC(c2ccccc2C=O)C1. The second-order valence-corrected chi connectivity index (χ2v) is 4.05. The Morgan fingerprint density at radius 1 is 1.43 bits per heavy atom. The second-order valence-electron chi connectivity index (χ2n) is 4.05. The first-order chi connectivity index (χ1) is 6.81. The lowest BCUT2D eigenvalue weighted by Gasteiger charge is -2.12. The van der Waals surface area contributed by atoms with Crippen LogP contribution in [0.5, 0.6) is 0 Å². The first kappa shape index (κ1) is 9.41. The summed E-state index contributed by atoms with van der Waals surface area (Å²) in [5.41, 5.74) is 1.96. The highest BCUT2D eigenvalue weighted by Crippen LogP contribution is 2.28. The maximum atomic E-state index is 10.8. The number of aldehydes is 1. The molecule has 74 valence electrons. The third-order valence-electron chi connectivity index (χ3n) is 2.85. The van der Waals surface area contributed by atoms with Crippen molar-refractivity contribution in [3.8, 4) is 0 Å². The first-order valence-corrected chi connectivity index (χ1v) is 5.08. The van der Waals surface area contributed by atoms with Gasteiger partial charge in [0.15, 0.2) is 0 Å². The molecule has 0 radical (unpaired) electrons. The van der Waals surface area contributed by atoms with Gasteiger partial charge in [-0.25, -0.2) is 0 Å². The molecule has 1 fully saturated rings. The van der Waals surface area contributed by atoms with E-state index in [0.29, 0.717) is 12.0 Å². The van der Waals surface area contributed by atoms with E-state index in [-0.39, 0.29) is 0 Å². The average Bonchev–Trinajstić information content (AvgIpc) is 2.65. The van der Waals surface area contributed by atoms with E-state index in [1.807, 2.05) is 24.3 Å². The standard InChI is InChI=1S/C12H15NO/c1-9-6-12(13-7-9)11-5-3-2-4-10(11)8-14/h2-5,8-9,12-13H,6-7H2,1H3. The Labute approximate surface area is 84.3 Å². The summed E-state index contributed by atoms with van der Waals surface area (Å²) in [6.45, 7) is 3.29. The van der Waals surface area contributed by atoms with Crippen LogP contribution < -0.4 is 5.32 Å². The molecule has 1 aromatic carbocycles. The molecule has 1 aliphatic heterocycles. The van der Waals surface area contributed by atoms with Crippen molar-refractivity contribution in [2.24, 2.45) is 5.92 Å². The number of carbonyl (C=O) groups excluding carboxylic acids is 1. The Morgan fingerprint density at radius 2 is 2.21 bits per heavy atom. The fourth-order valence-electron chi connectivity index (χ4n) is 2.08. The lowest BCUT2D eigenvalue weighted by Crippen LogP contribution is -2.14. The van der Waals surface area contributed by atoms with Crippen LogP contribution in [0.2, 0.25) is 0 Å². The van der Waals surface area contributed by atoms with Gasteiger partial charge in [0.2, 0.25) is 0 Å². The summed E-state index contributed by atoms with van der Waals surface area (Å²) in [7, 11) is 0. The summed E-state index contributed by atoms with van der Waals surface area (Å²) in [5, 5.41) is 3.44. The first-order valence-electron chi connectivity index (χ1n) is 5.08. The molecule has 2 heteroatoms. The van der Waals surface area contributed by atoms with E-state index in [0.717, 1.165) is 30.4 Å². The molecular formula is C12H15NO. The highest BCUT2D eigenvalue weighted by Gasteiger charge is 2.23. The van der Waals surface area contributed by atoms with Gasteiger partial charge in [0.25, 0.3) is 0 Å². The number of nitrogens with one attached hydrogen (secondary N) is 1. The topological polar surface area (TPSA) is 29.1 Å². The molecule has 2 unspecified atom stereocenters. The van der Waals surface area contributed by atoms with Crippen LogP contribution >= 0.6 is 0 Å². The van der Waals surface area contributed by atoms with E-state index in [1.54, 1.807) is 0 Å². The van der Waals surface area contributed by atoms with Crippen LogP contribution in [0.1, 0.15) is 35.3 Å². The van der Waals surface area contributed by atoms with E-state index < -0.39 is 0 Å². The quantitative estimate of drug-likeness (QED) is 0.722. The Bertz CT molecular complexity index is 335. The number of benzene rings is 1. The fraction of sp³-hybridized carbons (Fsp3) is 0.417. The summed E-state index contributed by atoms with van der Waals surface area (Å²) in [6.07, 6.45) is 2.07. The molecule has 14 heavy (non-hydrogen) atoms. The predicted octanol–water partition coefficient (Wildman–Crippen LogP) is 2.17. The molecule has 2 rings (SSSR count). The molecule has 0 aromatic heterocycles. The van der Waals surface area contributed by atoms with Crippen molar-refractivity contribution >= 4 is 6.29 Å². The number of carbonyl (C=O) groups is 1. The van der Waals surface area contributed by atoms with Crippen molar-refractivity contribution in [2.75, 3.05) is 6.54 Å². The van der Waals surface area contributed by atoms with E-state index in [2.05, 4.69) is 12.2 Å². The minimum Gasteiger partial charge on any atom is -0.310 e. The number of rotatable bonds is 2. The molecule has 1 aromatic rings. The minimum atomic E-state index is 0.367.